The molecule has 4 nitrogen and oxygen atoms in total. The molecule has 0 saturated carbocycles. The maximum absolute atomic E-state index is 11.9. The second kappa shape index (κ2) is 5.87. The van der Waals surface area contributed by atoms with Crippen molar-refractivity contribution in [3.05, 3.63) is 29.8 Å². The third kappa shape index (κ3) is 3.34. The zero-order valence-electron chi connectivity index (χ0n) is 11.5. The molecule has 1 aliphatic rings. The Bertz CT molecular complexity index is 483. The van der Waals surface area contributed by atoms with Crippen LogP contribution in [0.4, 0.5) is 5.69 Å². The Balaban J connectivity index is 1.87. The quantitative estimate of drug-likeness (QED) is 0.876. The van der Waals surface area contributed by atoms with Gasteiger partial charge in [-0.3, -0.25) is 9.59 Å². The van der Waals surface area contributed by atoms with Crippen LogP contribution in [-0.2, 0) is 16.0 Å². The average molecular weight is 260 g/mol. The molecule has 1 aromatic carbocycles. The minimum atomic E-state index is 0.0509. The highest BCUT2D eigenvalue weighted by Crippen LogP contribution is 2.27. The summed E-state index contributed by atoms with van der Waals surface area (Å²) in [5.74, 6) is 0.517. The van der Waals surface area contributed by atoms with Gasteiger partial charge < -0.3 is 10.2 Å². The Morgan fingerprint density at radius 2 is 2.11 bits per heavy atom. The number of carbonyl (C=O) groups is 2. The lowest BCUT2D eigenvalue weighted by Gasteiger charge is -2.17. The lowest BCUT2D eigenvalue weighted by Crippen LogP contribution is -2.36. The molecule has 0 aromatic heterocycles. The van der Waals surface area contributed by atoms with Crippen molar-refractivity contribution in [3.63, 3.8) is 0 Å². The van der Waals surface area contributed by atoms with Crippen molar-refractivity contribution < 1.29 is 9.59 Å². The number of benzene rings is 1. The number of fused-ring (bicyclic) bond motifs is 1. The molecule has 1 aliphatic heterocycles. The summed E-state index contributed by atoms with van der Waals surface area (Å²) in [7, 11) is 0. The van der Waals surface area contributed by atoms with E-state index in [-0.39, 0.29) is 11.8 Å². The van der Waals surface area contributed by atoms with E-state index in [1.54, 1.807) is 4.90 Å². The predicted octanol–water partition coefficient (Wildman–Crippen LogP) is 1.74. The molecule has 0 fully saturated rings. The van der Waals surface area contributed by atoms with Gasteiger partial charge in [-0.15, -0.1) is 0 Å². The summed E-state index contributed by atoms with van der Waals surface area (Å²) < 4.78 is 0. The highest BCUT2D eigenvalue weighted by Gasteiger charge is 2.26. The first-order valence-corrected chi connectivity index (χ1v) is 6.73. The van der Waals surface area contributed by atoms with Gasteiger partial charge in [0.1, 0.15) is 0 Å². The molecule has 1 heterocycles. The van der Waals surface area contributed by atoms with E-state index < -0.39 is 0 Å². The van der Waals surface area contributed by atoms with Crippen LogP contribution in [0.15, 0.2) is 24.3 Å². The molecular formula is C15H20N2O2. The normalized spacial score (nSPS) is 13.8. The maximum Gasteiger partial charge on any atom is 0.231 e. The van der Waals surface area contributed by atoms with Gasteiger partial charge in [0.05, 0.1) is 6.42 Å². The summed E-state index contributed by atoms with van der Waals surface area (Å²) >= 11 is 0. The summed E-state index contributed by atoms with van der Waals surface area (Å²) in [5, 5.41) is 2.86. The van der Waals surface area contributed by atoms with Gasteiger partial charge in [-0.25, -0.2) is 0 Å². The molecule has 0 unspecified atom stereocenters. The molecule has 0 bridgehead atoms. The molecule has 0 radical (unpaired) electrons. The largest absolute Gasteiger partial charge is 0.354 e. The van der Waals surface area contributed by atoms with Crippen LogP contribution < -0.4 is 10.2 Å². The first-order chi connectivity index (χ1) is 9.08. The third-order valence-corrected chi connectivity index (χ3v) is 3.18. The van der Waals surface area contributed by atoms with Crippen molar-refractivity contribution in [2.45, 2.75) is 26.7 Å². The van der Waals surface area contributed by atoms with E-state index >= 15 is 0 Å². The number of hydrogen-bond acceptors (Lipinski definition) is 2. The number of rotatable bonds is 5. The number of hydrogen-bond donors (Lipinski definition) is 1. The van der Waals surface area contributed by atoms with Gasteiger partial charge in [-0.05, 0) is 17.5 Å². The topological polar surface area (TPSA) is 49.4 Å². The Labute approximate surface area is 113 Å². The van der Waals surface area contributed by atoms with Crippen molar-refractivity contribution in [1.82, 2.24) is 5.32 Å². The van der Waals surface area contributed by atoms with Crippen LogP contribution in [0, 0.1) is 5.92 Å². The smallest absolute Gasteiger partial charge is 0.231 e. The second-order valence-corrected chi connectivity index (χ2v) is 5.30. The van der Waals surface area contributed by atoms with Gasteiger partial charge in [0.25, 0.3) is 0 Å². The van der Waals surface area contributed by atoms with Gasteiger partial charge in [-0.2, -0.15) is 0 Å². The van der Waals surface area contributed by atoms with Gasteiger partial charge in [0, 0.05) is 25.2 Å². The van der Waals surface area contributed by atoms with Crippen molar-refractivity contribution >= 4 is 17.5 Å². The summed E-state index contributed by atoms with van der Waals surface area (Å²) in [5.41, 5.74) is 2.05. The second-order valence-electron chi connectivity index (χ2n) is 5.30. The monoisotopic (exact) mass is 260 g/mol. The molecule has 0 atom stereocenters. The average Bonchev–Trinajstić information content (AvgIpc) is 2.65. The Morgan fingerprint density at radius 3 is 2.84 bits per heavy atom. The molecule has 2 rings (SSSR count). The molecule has 2 amide bonds. The van der Waals surface area contributed by atoms with Crippen LogP contribution in [-0.4, -0.2) is 24.9 Å². The first-order valence-electron chi connectivity index (χ1n) is 6.73. The fourth-order valence-corrected chi connectivity index (χ4v) is 2.31. The van der Waals surface area contributed by atoms with E-state index in [4.69, 9.17) is 0 Å². The van der Waals surface area contributed by atoms with Crippen LogP contribution in [0.25, 0.3) is 0 Å². The minimum Gasteiger partial charge on any atom is -0.354 e. The fraction of sp³-hybridized carbons (Fsp3) is 0.467. The van der Waals surface area contributed by atoms with Crippen molar-refractivity contribution in [1.29, 1.82) is 0 Å². The molecule has 0 aliphatic carbocycles. The van der Waals surface area contributed by atoms with Gasteiger partial charge in [-0.1, -0.05) is 32.0 Å². The molecular weight excluding hydrogens is 240 g/mol. The number of carbonyl (C=O) groups excluding carboxylic acids is 2. The minimum absolute atomic E-state index is 0.0509. The summed E-state index contributed by atoms with van der Waals surface area (Å²) in [6.07, 6.45) is 1.00. The number of amides is 2. The summed E-state index contributed by atoms with van der Waals surface area (Å²) in [6, 6.07) is 7.81. The van der Waals surface area contributed by atoms with E-state index in [2.05, 4.69) is 5.32 Å². The van der Waals surface area contributed by atoms with Crippen LogP contribution in [0.1, 0.15) is 25.8 Å². The maximum atomic E-state index is 11.9. The molecule has 0 saturated heterocycles. The predicted molar refractivity (Wildman–Crippen MR) is 75.0 cm³/mol. The van der Waals surface area contributed by atoms with E-state index in [0.29, 0.717) is 31.8 Å². The van der Waals surface area contributed by atoms with Gasteiger partial charge in [0.15, 0.2) is 0 Å². The van der Waals surface area contributed by atoms with Crippen LogP contribution in [0.2, 0.25) is 0 Å². The van der Waals surface area contributed by atoms with Crippen LogP contribution in [0.3, 0.4) is 0 Å². The Morgan fingerprint density at radius 1 is 1.37 bits per heavy atom. The van der Waals surface area contributed by atoms with Crippen LogP contribution in [0.5, 0.6) is 0 Å². The van der Waals surface area contributed by atoms with Gasteiger partial charge >= 0.3 is 0 Å². The number of nitrogens with zero attached hydrogens (tertiary/aromatic N) is 1. The Kier molecular flexibility index (Phi) is 4.20. The number of nitrogens with one attached hydrogen (secondary N) is 1. The zero-order chi connectivity index (χ0) is 13.8. The molecule has 102 valence electrons. The summed E-state index contributed by atoms with van der Waals surface area (Å²) in [6.45, 7) is 5.07. The molecule has 4 heteroatoms. The molecule has 1 aromatic rings. The summed E-state index contributed by atoms with van der Waals surface area (Å²) in [4.78, 5) is 25.2. The molecule has 19 heavy (non-hydrogen) atoms. The molecule has 0 spiro atoms. The van der Waals surface area contributed by atoms with Crippen molar-refractivity contribution in [2.24, 2.45) is 5.92 Å². The van der Waals surface area contributed by atoms with Crippen molar-refractivity contribution in [3.8, 4) is 0 Å². The van der Waals surface area contributed by atoms with Crippen molar-refractivity contribution in [2.75, 3.05) is 18.0 Å². The number of anilines is 1. The van der Waals surface area contributed by atoms with E-state index in [1.807, 2.05) is 38.1 Å². The van der Waals surface area contributed by atoms with E-state index in [0.717, 1.165) is 11.3 Å². The zero-order valence-corrected chi connectivity index (χ0v) is 11.5. The third-order valence-electron chi connectivity index (χ3n) is 3.18. The lowest BCUT2D eigenvalue weighted by atomic mass is 10.1. The highest BCUT2D eigenvalue weighted by molar-refractivity contribution is 6.01. The standard InChI is InChI=1S/C15H20N2O2/c1-11(2)9-14(18)16-7-8-17-13-6-4-3-5-12(13)10-15(17)19/h3-6,11H,7-10H2,1-2H3,(H,16,18). The lowest BCUT2D eigenvalue weighted by molar-refractivity contribution is -0.122. The fourth-order valence-electron chi connectivity index (χ4n) is 2.31. The number of para-hydroxylation sites is 1. The van der Waals surface area contributed by atoms with E-state index in [1.165, 1.54) is 0 Å². The molecule has 1 N–H and O–H groups in total. The first kappa shape index (κ1) is 13.6. The highest BCUT2D eigenvalue weighted by atomic mass is 16.2. The van der Waals surface area contributed by atoms with E-state index in [9.17, 15) is 9.59 Å². The van der Waals surface area contributed by atoms with Crippen LogP contribution >= 0.6 is 0 Å². The van der Waals surface area contributed by atoms with Gasteiger partial charge in [0.2, 0.25) is 11.8 Å². The Hall–Kier alpha value is -1.84. The SMILES string of the molecule is CC(C)CC(=O)NCCN1C(=O)Cc2ccccc21.